The average Bonchev–Trinajstić information content (AvgIpc) is 3.31. The average molecular weight is 516 g/mol. The molecule has 8 nitrogen and oxygen atoms in total. The van der Waals surface area contributed by atoms with Gasteiger partial charge in [0.05, 0.1) is 8.07 Å². The van der Waals surface area contributed by atoms with Gasteiger partial charge in [-0.3, -0.25) is 9.59 Å². The lowest BCUT2D eigenvalue weighted by Crippen LogP contribution is -2.38. The van der Waals surface area contributed by atoms with Crippen LogP contribution in [0.2, 0.25) is 19.6 Å². The summed E-state index contributed by atoms with van der Waals surface area (Å²) >= 11 is 0. The van der Waals surface area contributed by atoms with E-state index in [0.29, 0.717) is 11.3 Å². The number of carbonyl (C=O) groups excluding carboxylic acids is 1. The summed E-state index contributed by atoms with van der Waals surface area (Å²) in [6, 6.07) is 11.2. The number of allylic oxidation sites excluding steroid dienone is 2. The highest BCUT2D eigenvalue weighted by Gasteiger charge is 2.25. The fraction of sp³-hybridized carbons (Fsp3) is 0.357. The van der Waals surface area contributed by atoms with Gasteiger partial charge in [-0.25, -0.2) is 4.98 Å². The van der Waals surface area contributed by atoms with E-state index in [2.05, 4.69) is 41.0 Å². The molecule has 1 atom stereocenters. The van der Waals surface area contributed by atoms with Gasteiger partial charge in [0.1, 0.15) is 12.8 Å². The van der Waals surface area contributed by atoms with Gasteiger partial charge in [-0.2, -0.15) is 5.26 Å². The minimum atomic E-state index is -1.54. The van der Waals surface area contributed by atoms with Crippen molar-refractivity contribution in [2.75, 3.05) is 5.32 Å². The molecule has 1 aliphatic carbocycles. The normalized spacial score (nSPS) is 14.5. The molecular formula is C28H33N5O3Si. The summed E-state index contributed by atoms with van der Waals surface area (Å²) in [6.07, 6.45) is 9.42. The van der Waals surface area contributed by atoms with Crippen LogP contribution in [-0.4, -0.2) is 34.2 Å². The molecule has 2 aromatic heterocycles. The zero-order valence-electron chi connectivity index (χ0n) is 21.8. The maximum absolute atomic E-state index is 13.4. The molecular weight excluding hydrogens is 482 g/mol. The number of H-pyrrole nitrogens is 1. The van der Waals surface area contributed by atoms with E-state index in [0.717, 1.165) is 42.4 Å². The summed E-state index contributed by atoms with van der Waals surface area (Å²) in [5.74, 6) is -0.305. The maximum atomic E-state index is 13.4. The van der Waals surface area contributed by atoms with Crippen molar-refractivity contribution in [3.8, 4) is 17.2 Å². The van der Waals surface area contributed by atoms with Crippen molar-refractivity contribution in [1.82, 2.24) is 14.5 Å². The number of nitrogens with one attached hydrogen (secondary N) is 2. The Labute approximate surface area is 218 Å². The van der Waals surface area contributed by atoms with Gasteiger partial charge in [0, 0.05) is 34.9 Å². The number of rotatable bonds is 8. The number of carbonyl (C=O) groups is 1. The second-order valence-corrected chi connectivity index (χ2v) is 16.0. The number of ether oxygens (including phenoxy) is 1. The molecule has 0 saturated heterocycles. The van der Waals surface area contributed by atoms with Gasteiger partial charge in [-0.1, -0.05) is 31.8 Å². The number of imidazole rings is 1. The molecule has 3 aromatic rings. The minimum Gasteiger partial charge on any atom is -0.361 e. The molecule has 0 radical (unpaired) electrons. The van der Waals surface area contributed by atoms with Gasteiger partial charge >= 0.3 is 0 Å². The first-order valence-electron chi connectivity index (χ1n) is 12.6. The highest BCUT2D eigenvalue weighted by molar-refractivity contribution is 6.77. The third kappa shape index (κ3) is 6.16. The molecule has 192 valence electrons. The lowest BCUT2D eigenvalue weighted by atomic mass is 9.90. The zero-order valence-corrected chi connectivity index (χ0v) is 22.8. The Morgan fingerprint density at radius 2 is 2.08 bits per heavy atom. The first-order valence-corrected chi connectivity index (χ1v) is 16.2. The number of pyridine rings is 1. The fourth-order valence-electron chi connectivity index (χ4n) is 4.19. The number of aromatic amines is 1. The summed E-state index contributed by atoms with van der Waals surface area (Å²) < 4.78 is 7.63. The van der Waals surface area contributed by atoms with E-state index in [1.54, 1.807) is 29.1 Å². The van der Waals surface area contributed by atoms with Crippen LogP contribution < -0.4 is 10.9 Å². The number of aromatic nitrogens is 3. The summed E-state index contributed by atoms with van der Waals surface area (Å²) in [6.45, 7) is 8.82. The quantitative estimate of drug-likeness (QED) is 0.381. The van der Waals surface area contributed by atoms with E-state index >= 15 is 0 Å². The number of nitriles is 1. The summed E-state index contributed by atoms with van der Waals surface area (Å²) in [4.78, 5) is 32.8. The first-order chi connectivity index (χ1) is 17.7. The van der Waals surface area contributed by atoms with Crippen molar-refractivity contribution in [3.63, 3.8) is 0 Å². The second kappa shape index (κ2) is 11.1. The summed E-state index contributed by atoms with van der Waals surface area (Å²) in [7, 11) is -1.54. The van der Waals surface area contributed by atoms with Crippen LogP contribution in [0.1, 0.15) is 54.5 Å². The number of nitrogens with zero attached hydrogens (tertiary/aromatic N) is 3. The molecule has 1 aromatic carbocycles. The third-order valence-electron chi connectivity index (χ3n) is 6.81. The van der Waals surface area contributed by atoms with Gasteiger partial charge in [-0.15, -0.1) is 0 Å². The lowest BCUT2D eigenvalue weighted by molar-refractivity contribution is 0.0540. The smallest absolute Gasteiger partial charge is 0.291 e. The van der Waals surface area contributed by atoms with E-state index in [-0.39, 0.29) is 29.5 Å². The lowest BCUT2D eigenvalue weighted by Gasteiger charge is -2.25. The van der Waals surface area contributed by atoms with Gasteiger partial charge in [0.25, 0.3) is 11.5 Å². The topological polar surface area (TPSA) is 113 Å². The molecule has 0 saturated carbocycles. The highest BCUT2D eigenvalue weighted by atomic mass is 28.3. The predicted octanol–water partition coefficient (Wildman–Crippen LogP) is 5.56. The minimum absolute atomic E-state index is 0.0647. The van der Waals surface area contributed by atoms with E-state index in [1.807, 2.05) is 31.2 Å². The Balaban J connectivity index is 1.66. The number of amides is 1. The third-order valence-corrected chi connectivity index (χ3v) is 9.42. The summed E-state index contributed by atoms with van der Waals surface area (Å²) in [5, 5.41) is 12.4. The number of hydrogen-bond acceptors (Lipinski definition) is 5. The number of hydrogen-bond donors (Lipinski definition) is 2. The molecule has 0 bridgehead atoms. The second-order valence-electron chi connectivity index (χ2n) is 10.4. The number of benzene rings is 1. The van der Waals surface area contributed by atoms with Crippen molar-refractivity contribution < 1.29 is 9.53 Å². The maximum Gasteiger partial charge on any atom is 0.291 e. The Bertz CT molecular complexity index is 1420. The molecule has 2 N–H and O–H groups in total. The molecule has 2 heterocycles. The molecule has 1 amide bonds. The van der Waals surface area contributed by atoms with Gasteiger partial charge in [-0.05, 0) is 68.0 Å². The molecule has 4 rings (SSSR count). The van der Waals surface area contributed by atoms with E-state index < -0.39 is 14.0 Å². The molecule has 0 spiro atoms. The number of anilines is 1. The Hall–Kier alpha value is -3.74. The predicted molar refractivity (Wildman–Crippen MR) is 148 cm³/mol. The van der Waals surface area contributed by atoms with Gasteiger partial charge < -0.3 is 19.6 Å². The first kappa shape index (κ1) is 26.3. The zero-order chi connectivity index (χ0) is 26.6. The van der Waals surface area contributed by atoms with Gasteiger partial charge in [0.15, 0.2) is 5.69 Å². The Morgan fingerprint density at radius 1 is 1.27 bits per heavy atom. The van der Waals surface area contributed by atoms with Crippen molar-refractivity contribution in [2.24, 2.45) is 0 Å². The van der Waals surface area contributed by atoms with Crippen LogP contribution in [0.5, 0.6) is 0 Å². The molecule has 0 aliphatic heterocycles. The van der Waals surface area contributed by atoms with Crippen LogP contribution in [0.25, 0.3) is 16.7 Å². The van der Waals surface area contributed by atoms with Gasteiger partial charge in [0.2, 0.25) is 5.82 Å². The van der Waals surface area contributed by atoms with E-state index in [1.165, 1.54) is 0 Å². The van der Waals surface area contributed by atoms with Crippen molar-refractivity contribution in [1.29, 1.82) is 5.26 Å². The van der Waals surface area contributed by atoms with Crippen molar-refractivity contribution in [3.05, 3.63) is 76.2 Å². The molecule has 37 heavy (non-hydrogen) atoms. The van der Waals surface area contributed by atoms with Crippen LogP contribution in [0.15, 0.2) is 53.6 Å². The molecule has 1 unspecified atom stereocenters. The molecule has 1 aliphatic rings. The Kier molecular flexibility index (Phi) is 7.91. The largest absolute Gasteiger partial charge is 0.361 e. The Morgan fingerprint density at radius 3 is 2.76 bits per heavy atom. The van der Waals surface area contributed by atoms with Crippen LogP contribution in [-0.2, 0) is 11.5 Å². The fourth-order valence-corrected chi connectivity index (χ4v) is 4.76. The van der Waals surface area contributed by atoms with Crippen LogP contribution in [0.3, 0.4) is 0 Å². The SMILES string of the molecule is CC(OCn1cc(C#N)nc1C(=O)Nc1ccc(-c2ccc[nH]c2=O)cc1C1=CCCCC1)[Si](C)(C)C. The van der Waals surface area contributed by atoms with E-state index in [9.17, 15) is 14.9 Å². The van der Waals surface area contributed by atoms with Crippen molar-refractivity contribution in [2.45, 2.75) is 64.7 Å². The summed E-state index contributed by atoms with van der Waals surface area (Å²) in [5.41, 5.74) is 4.07. The van der Waals surface area contributed by atoms with Crippen LogP contribution in [0, 0.1) is 11.3 Å². The van der Waals surface area contributed by atoms with Crippen LogP contribution in [0.4, 0.5) is 5.69 Å². The molecule has 9 heteroatoms. The monoisotopic (exact) mass is 515 g/mol. The standard InChI is InChI=1S/C28H33N5O3Si/c1-19(37(2,3)4)36-18-33-17-22(16-29)31-26(33)28(35)32-25-13-12-21(23-11-8-14-30-27(23)34)15-24(25)20-9-6-5-7-10-20/h8-9,11-15,17,19H,5-7,10,18H2,1-4H3,(H,30,34)(H,32,35). The molecule has 0 fully saturated rings. The van der Waals surface area contributed by atoms with Crippen molar-refractivity contribution >= 4 is 25.2 Å². The van der Waals surface area contributed by atoms with E-state index in [4.69, 9.17) is 4.74 Å². The van der Waals surface area contributed by atoms with Crippen LogP contribution >= 0.6 is 0 Å². The highest BCUT2D eigenvalue weighted by Crippen LogP contribution is 2.34.